The molecule has 0 atom stereocenters. The summed E-state index contributed by atoms with van der Waals surface area (Å²) in [5.74, 6) is 0. The number of hydrogen-bond acceptors (Lipinski definition) is 1. The summed E-state index contributed by atoms with van der Waals surface area (Å²) in [6, 6.07) is 14.3. The van der Waals surface area contributed by atoms with E-state index in [0.717, 1.165) is 22.3 Å². The number of furan rings is 1. The Balaban J connectivity index is 2.41. The van der Waals surface area contributed by atoms with Crippen LogP contribution in [0.1, 0.15) is 12.5 Å². The quantitative estimate of drug-likeness (QED) is 0.568. The lowest BCUT2D eigenvalue weighted by atomic mass is 10.1. The fourth-order valence-corrected chi connectivity index (χ4v) is 1.99. The molecule has 16 heavy (non-hydrogen) atoms. The van der Waals surface area contributed by atoms with Crippen molar-refractivity contribution in [3.63, 3.8) is 0 Å². The topological polar surface area (TPSA) is 13.1 Å². The minimum absolute atomic E-state index is 0.932. The molecular weight excluding hydrogens is 196 g/mol. The van der Waals surface area contributed by atoms with Gasteiger partial charge in [-0.25, -0.2) is 0 Å². The molecule has 0 N–H and O–H groups in total. The highest BCUT2D eigenvalue weighted by Crippen LogP contribution is 2.30. The molecule has 0 spiro atoms. The van der Waals surface area contributed by atoms with Crippen LogP contribution < -0.4 is 0 Å². The molecule has 0 aliphatic heterocycles. The number of rotatable bonds is 1. The van der Waals surface area contributed by atoms with Crippen LogP contribution in [0.4, 0.5) is 0 Å². The molecule has 78 valence electrons. The van der Waals surface area contributed by atoms with Crippen molar-refractivity contribution < 1.29 is 4.42 Å². The van der Waals surface area contributed by atoms with Gasteiger partial charge in [0.05, 0.1) is 0 Å². The van der Waals surface area contributed by atoms with E-state index in [0.29, 0.717) is 0 Å². The maximum absolute atomic E-state index is 5.80. The van der Waals surface area contributed by atoms with E-state index in [1.54, 1.807) is 0 Å². The molecule has 3 rings (SSSR count). The molecule has 1 aromatic heterocycles. The van der Waals surface area contributed by atoms with Crippen LogP contribution in [0, 0.1) is 0 Å². The summed E-state index contributed by atoms with van der Waals surface area (Å²) in [5, 5.41) is 2.34. The average Bonchev–Trinajstić information content (AvgIpc) is 2.66. The standard InChI is InChI=1S/C15H12O/c1-10(2)11-7-8-13-12-5-3-4-6-14(12)16-15(13)9-11/h3-9H,1H2,2H3. The van der Waals surface area contributed by atoms with Crippen molar-refractivity contribution in [2.75, 3.05) is 0 Å². The second-order valence-electron chi connectivity index (χ2n) is 4.09. The van der Waals surface area contributed by atoms with Gasteiger partial charge in [-0.15, -0.1) is 0 Å². The molecule has 1 nitrogen and oxygen atoms in total. The van der Waals surface area contributed by atoms with Crippen LogP contribution in [-0.2, 0) is 0 Å². The Morgan fingerprint density at radius 1 is 1.00 bits per heavy atom. The predicted octanol–water partition coefficient (Wildman–Crippen LogP) is 4.62. The Morgan fingerprint density at radius 2 is 1.75 bits per heavy atom. The van der Waals surface area contributed by atoms with Crippen LogP contribution in [0.2, 0.25) is 0 Å². The van der Waals surface area contributed by atoms with E-state index in [1.165, 1.54) is 10.8 Å². The summed E-state index contributed by atoms with van der Waals surface area (Å²) in [7, 11) is 0. The minimum Gasteiger partial charge on any atom is -0.456 e. The van der Waals surface area contributed by atoms with Gasteiger partial charge in [0.2, 0.25) is 0 Å². The predicted molar refractivity (Wildman–Crippen MR) is 68.4 cm³/mol. The second kappa shape index (κ2) is 3.24. The van der Waals surface area contributed by atoms with Crippen molar-refractivity contribution in [2.45, 2.75) is 6.92 Å². The number of allylic oxidation sites excluding steroid dienone is 1. The largest absolute Gasteiger partial charge is 0.456 e. The SMILES string of the molecule is C=C(C)c1ccc2c(c1)oc1ccccc12. The number of para-hydroxylation sites is 1. The molecule has 1 heteroatoms. The Kier molecular flexibility index (Phi) is 1.87. The molecule has 0 radical (unpaired) electrons. The lowest BCUT2D eigenvalue weighted by Gasteiger charge is -1.97. The number of hydrogen-bond donors (Lipinski definition) is 0. The van der Waals surface area contributed by atoms with Gasteiger partial charge in [0.25, 0.3) is 0 Å². The summed E-state index contributed by atoms with van der Waals surface area (Å²) in [5.41, 5.74) is 4.06. The van der Waals surface area contributed by atoms with Crippen LogP contribution in [0.15, 0.2) is 53.5 Å². The van der Waals surface area contributed by atoms with Crippen molar-refractivity contribution in [2.24, 2.45) is 0 Å². The monoisotopic (exact) mass is 208 g/mol. The van der Waals surface area contributed by atoms with E-state index in [-0.39, 0.29) is 0 Å². The first-order chi connectivity index (χ1) is 7.75. The van der Waals surface area contributed by atoms with Crippen LogP contribution >= 0.6 is 0 Å². The Labute approximate surface area is 94.0 Å². The van der Waals surface area contributed by atoms with Crippen LogP contribution in [0.25, 0.3) is 27.5 Å². The van der Waals surface area contributed by atoms with Gasteiger partial charge >= 0.3 is 0 Å². The molecule has 0 bridgehead atoms. The van der Waals surface area contributed by atoms with Crippen LogP contribution in [0.5, 0.6) is 0 Å². The highest BCUT2D eigenvalue weighted by Gasteiger charge is 2.06. The zero-order chi connectivity index (χ0) is 11.1. The molecular formula is C15H12O. The smallest absolute Gasteiger partial charge is 0.136 e. The van der Waals surface area contributed by atoms with E-state index in [1.807, 2.05) is 25.1 Å². The second-order valence-corrected chi connectivity index (χ2v) is 4.09. The normalized spacial score (nSPS) is 11.1. The van der Waals surface area contributed by atoms with Gasteiger partial charge in [-0.05, 0) is 30.7 Å². The molecule has 1 heterocycles. The molecule has 0 saturated heterocycles. The average molecular weight is 208 g/mol. The van der Waals surface area contributed by atoms with Gasteiger partial charge in [0.1, 0.15) is 11.2 Å². The minimum atomic E-state index is 0.932. The first-order valence-electron chi connectivity index (χ1n) is 5.33. The Hall–Kier alpha value is -2.02. The van der Waals surface area contributed by atoms with E-state index in [9.17, 15) is 0 Å². The first kappa shape index (κ1) is 9.22. The van der Waals surface area contributed by atoms with Crippen molar-refractivity contribution in [3.05, 3.63) is 54.6 Å². The van der Waals surface area contributed by atoms with Crippen molar-refractivity contribution in [1.29, 1.82) is 0 Å². The molecule has 0 fully saturated rings. The van der Waals surface area contributed by atoms with Gasteiger partial charge in [-0.2, -0.15) is 0 Å². The molecule has 0 unspecified atom stereocenters. The molecule has 0 saturated carbocycles. The summed E-state index contributed by atoms with van der Waals surface area (Å²) < 4.78 is 5.80. The van der Waals surface area contributed by atoms with Gasteiger partial charge in [0.15, 0.2) is 0 Å². The lowest BCUT2D eigenvalue weighted by Crippen LogP contribution is -1.75. The Bertz CT molecular complexity index is 689. The van der Waals surface area contributed by atoms with Gasteiger partial charge < -0.3 is 4.42 Å². The summed E-state index contributed by atoms with van der Waals surface area (Å²) >= 11 is 0. The molecule has 3 aromatic rings. The molecule has 0 aliphatic carbocycles. The zero-order valence-electron chi connectivity index (χ0n) is 9.16. The van der Waals surface area contributed by atoms with Gasteiger partial charge in [-0.1, -0.05) is 36.4 Å². The number of fused-ring (bicyclic) bond motifs is 3. The Morgan fingerprint density at radius 3 is 2.56 bits per heavy atom. The summed E-state index contributed by atoms with van der Waals surface area (Å²) in [4.78, 5) is 0. The third-order valence-electron chi connectivity index (χ3n) is 2.87. The summed E-state index contributed by atoms with van der Waals surface area (Å²) in [6.45, 7) is 5.95. The molecule has 0 amide bonds. The third-order valence-corrected chi connectivity index (χ3v) is 2.87. The lowest BCUT2D eigenvalue weighted by molar-refractivity contribution is 0.669. The van der Waals surface area contributed by atoms with Crippen molar-refractivity contribution in [3.8, 4) is 0 Å². The maximum Gasteiger partial charge on any atom is 0.136 e. The van der Waals surface area contributed by atoms with Gasteiger partial charge in [0, 0.05) is 10.8 Å². The fourth-order valence-electron chi connectivity index (χ4n) is 1.99. The zero-order valence-corrected chi connectivity index (χ0v) is 9.16. The highest BCUT2D eigenvalue weighted by atomic mass is 16.3. The van der Waals surface area contributed by atoms with E-state index in [2.05, 4.69) is 30.8 Å². The molecule has 0 aliphatic rings. The van der Waals surface area contributed by atoms with E-state index >= 15 is 0 Å². The van der Waals surface area contributed by atoms with E-state index < -0.39 is 0 Å². The van der Waals surface area contributed by atoms with Gasteiger partial charge in [-0.3, -0.25) is 0 Å². The third kappa shape index (κ3) is 1.25. The highest BCUT2D eigenvalue weighted by molar-refractivity contribution is 6.05. The molecule has 2 aromatic carbocycles. The van der Waals surface area contributed by atoms with Crippen LogP contribution in [0.3, 0.4) is 0 Å². The van der Waals surface area contributed by atoms with Crippen molar-refractivity contribution >= 4 is 27.5 Å². The van der Waals surface area contributed by atoms with Crippen LogP contribution in [-0.4, -0.2) is 0 Å². The summed E-state index contributed by atoms with van der Waals surface area (Å²) in [6.07, 6.45) is 0. The maximum atomic E-state index is 5.80. The number of benzene rings is 2. The first-order valence-corrected chi connectivity index (χ1v) is 5.33. The van der Waals surface area contributed by atoms with E-state index in [4.69, 9.17) is 4.42 Å². The fraction of sp³-hybridized carbons (Fsp3) is 0.0667. The van der Waals surface area contributed by atoms with Crippen molar-refractivity contribution in [1.82, 2.24) is 0 Å².